The van der Waals surface area contributed by atoms with E-state index in [0.717, 1.165) is 39.3 Å². The van der Waals surface area contributed by atoms with Gasteiger partial charge in [0.05, 0.1) is 20.3 Å². The summed E-state index contributed by atoms with van der Waals surface area (Å²) >= 11 is 0. The fourth-order valence-corrected chi connectivity index (χ4v) is 4.71. The molecule has 8 heteroatoms. The fourth-order valence-electron chi connectivity index (χ4n) is 4.71. The molecule has 34 heavy (non-hydrogen) atoms. The molecule has 8 nitrogen and oxygen atoms in total. The molecule has 0 atom stereocenters. The second kappa shape index (κ2) is 10.1. The molecule has 1 amide bonds. The van der Waals surface area contributed by atoms with Gasteiger partial charge in [0.15, 0.2) is 5.78 Å². The molecule has 1 fully saturated rings. The predicted octanol–water partition coefficient (Wildman–Crippen LogP) is 2.45. The number of rotatable bonds is 7. The molecular weight excluding hydrogens is 434 g/mol. The van der Waals surface area contributed by atoms with Gasteiger partial charge in [0.25, 0.3) is 11.5 Å². The summed E-state index contributed by atoms with van der Waals surface area (Å²) in [6, 6.07) is 8.57. The number of benzene rings is 1. The number of carbonyl (C=O) groups is 2. The molecule has 1 aliphatic heterocycles. The molecule has 0 radical (unpaired) electrons. The van der Waals surface area contributed by atoms with Crippen molar-refractivity contribution < 1.29 is 19.1 Å². The number of ketones is 1. The van der Waals surface area contributed by atoms with Crippen molar-refractivity contribution in [2.45, 2.75) is 33.1 Å². The van der Waals surface area contributed by atoms with E-state index in [2.05, 4.69) is 10.2 Å². The van der Waals surface area contributed by atoms with Gasteiger partial charge in [0.1, 0.15) is 11.3 Å². The van der Waals surface area contributed by atoms with Crippen molar-refractivity contribution in [3.8, 4) is 11.4 Å². The Labute approximate surface area is 199 Å². The van der Waals surface area contributed by atoms with Crippen LogP contribution in [-0.4, -0.2) is 67.7 Å². The minimum atomic E-state index is -0.449. The summed E-state index contributed by atoms with van der Waals surface area (Å²) < 4.78 is 12.1. The van der Waals surface area contributed by atoms with Gasteiger partial charge in [-0.05, 0) is 55.1 Å². The Morgan fingerprint density at radius 2 is 1.82 bits per heavy atom. The van der Waals surface area contributed by atoms with Gasteiger partial charge in [-0.25, -0.2) is 0 Å². The lowest BCUT2D eigenvalue weighted by Crippen LogP contribution is -2.40. The first-order chi connectivity index (χ1) is 16.3. The van der Waals surface area contributed by atoms with E-state index < -0.39 is 11.5 Å². The molecule has 2 aromatic rings. The second-order valence-corrected chi connectivity index (χ2v) is 9.76. The summed E-state index contributed by atoms with van der Waals surface area (Å²) in [5.41, 5.74) is 1.02. The molecule has 1 aliphatic carbocycles. The van der Waals surface area contributed by atoms with Gasteiger partial charge in [-0.3, -0.25) is 23.9 Å². The van der Waals surface area contributed by atoms with Crippen LogP contribution in [0, 0.1) is 5.41 Å². The van der Waals surface area contributed by atoms with Crippen LogP contribution in [0.4, 0.5) is 0 Å². The van der Waals surface area contributed by atoms with Gasteiger partial charge < -0.3 is 14.8 Å². The second-order valence-electron chi connectivity index (χ2n) is 9.76. The first-order valence-corrected chi connectivity index (χ1v) is 11.8. The molecule has 1 aromatic heterocycles. The number of morpholine rings is 1. The number of fused-ring (bicyclic) bond motifs is 1. The van der Waals surface area contributed by atoms with Crippen LogP contribution in [0.15, 0.2) is 35.1 Å². The lowest BCUT2D eigenvalue weighted by molar-refractivity contribution is 0.0374. The minimum Gasteiger partial charge on any atom is -0.497 e. The molecule has 0 saturated carbocycles. The van der Waals surface area contributed by atoms with Crippen LogP contribution in [0.2, 0.25) is 0 Å². The highest BCUT2D eigenvalue weighted by Crippen LogP contribution is 2.35. The van der Waals surface area contributed by atoms with E-state index in [-0.39, 0.29) is 16.8 Å². The van der Waals surface area contributed by atoms with E-state index in [0.29, 0.717) is 42.1 Å². The number of nitrogens with one attached hydrogen (secondary N) is 1. The summed E-state index contributed by atoms with van der Waals surface area (Å²) in [4.78, 5) is 41.9. The lowest BCUT2D eigenvalue weighted by atomic mass is 9.75. The number of hydrogen-bond acceptors (Lipinski definition) is 6. The molecule has 182 valence electrons. The number of amides is 1. The van der Waals surface area contributed by atoms with Crippen molar-refractivity contribution in [1.82, 2.24) is 14.8 Å². The number of Topliss-reactive ketones (excluding diaryl/α,β-unsaturated/α-hetero) is 1. The third kappa shape index (κ3) is 5.23. The van der Waals surface area contributed by atoms with Crippen LogP contribution in [0.3, 0.4) is 0 Å². The minimum absolute atomic E-state index is 0.00556. The zero-order valence-corrected chi connectivity index (χ0v) is 20.2. The van der Waals surface area contributed by atoms with E-state index in [1.54, 1.807) is 31.4 Å². The topological polar surface area (TPSA) is 89.9 Å². The molecule has 1 N–H and O–H groups in total. The quantitative estimate of drug-likeness (QED) is 0.630. The van der Waals surface area contributed by atoms with Crippen LogP contribution in [-0.2, 0) is 11.2 Å². The zero-order valence-electron chi connectivity index (χ0n) is 20.2. The Balaban J connectivity index is 1.62. The van der Waals surface area contributed by atoms with Crippen LogP contribution < -0.4 is 15.6 Å². The van der Waals surface area contributed by atoms with E-state index in [1.165, 1.54) is 10.6 Å². The van der Waals surface area contributed by atoms with Crippen molar-refractivity contribution in [2.24, 2.45) is 5.41 Å². The third-order valence-electron chi connectivity index (χ3n) is 6.50. The number of carbonyl (C=O) groups excluding carboxylic acids is 2. The summed E-state index contributed by atoms with van der Waals surface area (Å²) in [7, 11) is 1.58. The Bertz CT molecular complexity index is 1110. The smallest absolute Gasteiger partial charge is 0.268 e. The van der Waals surface area contributed by atoms with Crippen molar-refractivity contribution >= 4 is 11.7 Å². The number of ether oxygens (including phenoxy) is 2. The number of hydrogen-bond donors (Lipinski definition) is 1. The van der Waals surface area contributed by atoms with E-state index in [9.17, 15) is 14.4 Å². The van der Waals surface area contributed by atoms with Crippen molar-refractivity contribution in [2.75, 3.05) is 46.5 Å². The van der Waals surface area contributed by atoms with Crippen LogP contribution in [0.1, 0.15) is 53.1 Å². The largest absolute Gasteiger partial charge is 0.497 e. The standard InChI is InChI=1S/C26H33N3O5/c1-26(2)16-22-20(23(30)17-26)15-21(24(31)27-9-4-10-28-11-13-34-14-12-28)25(32)29(22)18-5-7-19(33-3)8-6-18/h5-8,15H,4,9-14,16-17H2,1-3H3,(H,27,31). The average molecular weight is 468 g/mol. The molecule has 2 heterocycles. The number of pyridine rings is 1. The maximum absolute atomic E-state index is 13.6. The van der Waals surface area contributed by atoms with E-state index in [4.69, 9.17) is 9.47 Å². The molecule has 0 spiro atoms. The normalized spacial score (nSPS) is 17.8. The summed E-state index contributed by atoms with van der Waals surface area (Å²) in [6.45, 7) is 8.60. The molecule has 1 saturated heterocycles. The first kappa shape index (κ1) is 24.2. The van der Waals surface area contributed by atoms with E-state index >= 15 is 0 Å². The summed E-state index contributed by atoms with van der Waals surface area (Å²) in [5.74, 6) is 0.167. The molecule has 2 aliphatic rings. The van der Waals surface area contributed by atoms with Crippen molar-refractivity contribution in [3.63, 3.8) is 0 Å². The zero-order chi connectivity index (χ0) is 24.3. The molecular formula is C26H33N3O5. The molecule has 0 bridgehead atoms. The fraction of sp³-hybridized carbons (Fsp3) is 0.500. The highest BCUT2D eigenvalue weighted by molar-refractivity contribution is 6.02. The summed E-state index contributed by atoms with van der Waals surface area (Å²) in [6.07, 6.45) is 1.72. The number of methoxy groups -OCH3 is 1. The predicted molar refractivity (Wildman–Crippen MR) is 129 cm³/mol. The van der Waals surface area contributed by atoms with Crippen molar-refractivity contribution in [3.05, 3.63) is 57.5 Å². The van der Waals surface area contributed by atoms with Gasteiger partial charge in [-0.15, -0.1) is 0 Å². The van der Waals surface area contributed by atoms with Gasteiger partial charge in [0.2, 0.25) is 0 Å². The maximum Gasteiger partial charge on any atom is 0.268 e. The molecule has 4 rings (SSSR count). The van der Waals surface area contributed by atoms with Crippen LogP contribution in [0.5, 0.6) is 5.75 Å². The Morgan fingerprint density at radius 3 is 2.50 bits per heavy atom. The monoisotopic (exact) mass is 467 g/mol. The first-order valence-electron chi connectivity index (χ1n) is 11.8. The SMILES string of the molecule is COc1ccc(-n2c3c(cc(C(=O)NCCCN4CCOCC4)c2=O)C(=O)CC(C)(C)C3)cc1. The van der Waals surface area contributed by atoms with Gasteiger partial charge >= 0.3 is 0 Å². The summed E-state index contributed by atoms with van der Waals surface area (Å²) in [5, 5.41) is 2.87. The van der Waals surface area contributed by atoms with E-state index in [1.807, 2.05) is 13.8 Å². The molecule has 0 unspecified atom stereocenters. The van der Waals surface area contributed by atoms with Crippen LogP contribution in [0.25, 0.3) is 5.69 Å². The number of aromatic nitrogens is 1. The Hall–Kier alpha value is -2.97. The Morgan fingerprint density at radius 1 is 1.12 bits per heavy atom. The lowest BCUT2D eigenvalue weighted by Gasteiger charge is -2.32. The highest BCUT2D eigenvalue weighted by atomic mass is 16.5. The average Bonchev–Trinajstić information content (AvgIpc) is 2.81. The third-order valence-corrected chi connectivity index (χ3v) is 6.50. The van der Waals surface area contributed by atoms with Gasteiger partial charge in [-0.2, -0.15) is 0 Å². The van der Waals surface area contributed by atoms with Crippen LogP contribution >= 0.6 is 0 Å². The van der Waals surface area contributed by atoms with Crippen molar-refractivity contribution in [1.29, 1.82) is 0 Å². The number of nitrogens with zero attached hydrogens (tertiary/aromatic N) is 2. The molecule has 1 aromatic carbocycles. The van der Waals surface area contributed by atoms with Gasteiger partial charge in [0, 0.05) is 43.0 Å². The maximum atomic E-state index is 13.6. The van der Waals surface area contributed by atoms with Gasteiger partial charge in [-0.1, -0.05) is 13.8 Å². The highest BCUT2D eigenvalue weighted by Gasteiger charge is 2.35. The Kier molecular flexibility index (Phi) is 7.19.